The molecule has 0 aliphatic carbocycles. The lowest BCUT2D eigenvalue weighted by Gasteiger charge is -2.32. The van der Waals surface area contributed by atoms with E-state index in [1.807, 2.05) is 55.0 Å². The van der Waals surface area contributed by atoms with E-state index in [1.54, 1.807) is 0 Å². The summed E-state index contributed by atoms with van der Waals surface area (Å²) in [6, 6.07) is 17.7. The minimum Gasteiger partial charge on any atom is -0.355 e. The van der Waals surface area contributed by atoms with Crippen molar-refractivity contribution in [1.82, 2.24) is 19.8 Å². The van der Waals surface area contributed by atoms with Crippen LogP contribution in [-0.2, 0) is 24.2 Å². The highest BCUT2D eigenvalue weighted by Crippen LogP contribution is 2.18. The van der Waals surface area contributed by atoms with Crippen LogP contribution in [0, 0.1) is 17.2 Å². The molecular formula is C27H30ClN5O. The van der Waals surface area contributed by atoms with Gasteiger partial charge in [0.1, 0.15) is 0 Å². The Kier molecular flexibility index (Phi) is 8.35. The molecule has 1 aliphatic heterocycles. The summed E-state index contributed by atoms with van der Waals surface area (Å²) in [6.07, 6.45) is 7.33. The number of rotatable bonds is 9. The van der Waals surface area contributed by atoms with Crippen molar-refractivity contribution in [3.63, 3.8) is 0 Å². The molecule has 0 unspecified atom stereocenters. The molecule has 1 amide bonds. The Labute approximate surface area is 206 Å². The zero-order valence-electron chi connectivity index (χ0n) is 19.3. The average molecular weight is 476 g/mol. The fourth-order valence-electron chi connectivity index (χ4n) is 4.49. The van der Waals surface area contributed by atoms with Gasteiger partial charge in [-0.2, -0.15) is 5.26 Å². The maximum atomic E-state index is 12.8. The number of nitriles is 1. The Bertz CT molecular complexity index is 1130. The van der Waals surface area contributed by atoms with Crippen LogP contribution in [-0.4, -0.2) is 46.5 Å². The molecule has 0 spiro atoms. The monoisotopic (exact) mass is 475 g/mol. The van der Waals surface area contributed by atoms with Crippen molar-refractivity contribution in [3.05, 3.63) is 88.5 Å². The van der Waals surface area contributed by atoms with E-state index in [9.17, 15) is 4.79 Å². The maximum Gasteiger partial charge on any atom is 0.224 e. The highest BCUT2D eigenvalue weighted by Gasteiger charge is 2.25. The predicted molar refractivity (Wildman–Crippen MR) is 134 cm³/mol. The summed E-state index contributed by atoms with van der Waals surface area (Å²) in [5.41, 5.74) is 4.08. The topological polar surface area (TPSA) is 74.0 Å². The number of halogens is 1. The summed E-state index contributed by atoms with van der Waals surface area (Å²) >= 11 is 6.10. The summed E-state index contributed by atoms with van der Waals surface area (Å²) < 4.78 is 2.09. The molecule has 176 valence electrons. The lowest BCUT2D eigenvalue weighted by Crippen LogP contribution is -2.44. The van der Waals surface area contributed by atoms with Crippen LogP contribution in [0.2, 0.25) is 5.02 Å². The first-order valence-corrected chi connectivity index (χ1v) is 12.2. The van der Waals surface area contributed by atoms with Gasteiger partial charge in [-0.3, -0.25) is 4.79 Å². The molecule has 1 aliphatic rings. The Morgan fingerprint density at radius 3 is 2.82 bits per heavy atom. The molecule has 2 heterocycles. The van der Waals surface area contributed by atoms with Crippen LogP contribution < -0.4 is 5.32 Å². The summed E-state index contributed by atoms with van der Waals surface area (Å²) in [5, 5.41) is 12.9. The van der Waals surface area contributed by atoms with Crippen LogP contribution in [0.15, 0.2) is 61.1 Å². The van der Waals surface area contributed by atoms with Gasteiger partial charge < -0.3 is 14.8 Å². The number of hydrogen-bond acceptors (Lipinski definition) is 4. The minimum absolute atomic E-state index is 0.0386. The highest BCUT2D eigenvalue weighted by atomic mass is 35.5. The summed E-state index contributed by atoms with van der Waals surface area (Å²) in [6.45, 7) is 4.08. The number of carbonyl (C=O) groups is 1. The lowest BCUT2D eigenvalue weighted by atomic mass is 9.96. The van der Waals surface area contributed by atoms with Crippen LogP contribution >= 0.6 is 11.6 Å². The first-order valence-electron chi connectivity index (χ1n) is 11.8. The van der Waals surface area contributed by atoms with Crippen molar-refractivity contribution in [2.45, 2.75) is 32.2 Å². The van der Waals surface area contributed by atoms with E-state index in [4.69, 9.17) is 16.9 Å². The molecule has 0 bridgehead atoms. The maximum absolute atomic E-state index is 12.8. The van der Waals surface area contributed by atoms with Gasteiger partial charge in [0.05, 0.1) is 23.9 Å². The van der Waals surface area contributed by atoms with Crippen molar-refractivity contribution in [2.75, 3.05) is 26.2 Å². The van der Waals surface area contributed by atoms with Gasteiger partial charge in [0.15, 0.2) is 0 Å². The molecule has 2 aromatic carbocycles. The number of hydrogen-bond donors (Lipinski definition) is 1. The van der Waals surface area contributed by atoms with Crippen molar-refractivity contribution >= 4 is 17.5 Å². The second-order valence-electron chi connectivity index (χ2n) is 8.88. The molecule has 3 aromatic rings. The molecule has 1 fully saturated rings. The minimum atomic E-state index is 0.0386. The molecule has 0 saturated carbocycles. The number of aromatic nitrogens is 2. The fourth-order valence-corrected chi connectivity index (χ4v) is 4.70. The van der Waals surface area contributed by atoms with Crippen molar-refractivity contribution in [3.8, 4) is 6.07 Å². The summed E-state index contributed by atoms with van der Waals surface area (Å²) in [7, 11) is 0. The quantitative estimate of drug-likeness (QED) is 0.506. The van der Waals surface area contributed by atoms with Gasteiger partial charge in [-0.15, -0.1) is 0 Å². The van der Waals surface area contributed by atoms with Gasteiger partial charge in [0, 0.05) is 49.5 Å². The number of carbonyl (C=O) groups excluding carboxylic acids is 1. The van der Waals surface area contributed by atoms with Crippen LogP contribution in [0.1, 0.15) is 35.2 Å². The first kappa shape index (κ1) is 24.0. The van der Waals surface area contributed by atoms with Gasteiger partial charge in [-0.25, -0.2) is 4.98 Å². The van der Waals surface area contributed by atoms with Gasteiger partial charge in [-0.1, -0.05) is 35.9 Å². The van der Waals surface area contributed by atoms with E-state index in [2.05, 4.69) is 31.9 Å². The van der Waals surface area contributed by atoms with Gasteiger partial charge >= 0.3 is 0 Å². The van der Waals surface area contributed by atoms with E-state index in [0.29, 0.717) is 18.7 Å². The number of likely N-dealkylation sites (tertiary alicyclic amines) is 1. The molecule has 1 N–H and O–H groups in total. The Morgan fingerprint density at radius 2 is 2.03 bits per heavy atom. The van der Waals surface area contributed by atoms with E-state index in [-0.39, 0.29) is 11.8 Å². The lowest BCUT2D eigenvalue weighted by molar-refractivity contribution is -0.126. The Balaban J connectivity index is 1.22. The first-order chi connectivity index (χ1) is 16.6. The largest absolute Gasteiger partial charge is 0.355 e. The van der Waals surface area contributed by atoms with E-state index < -0.39 is 0 Å². The molecule has 1 saturated heterocycles. The smallest absolute Gasteiger partial charge is 0.224 e. The molecule has 4 rings (SSSR count). The predicted octanol–water partition coefficient (Wildman–Crippen LogP) is 4.07. The third kappa shape index (κ3) is 6.69. The van der Waals surface area contributed by atoms with Crippen molar-refractivity contribution in [1.29, 1.82) is 5.26 Å². The van der Waals surface area contributed by atoms with Crippen LogP contribution in [0.3, 0.4) is 0 Å². The number of nitrogens with one attached hydrogen (secondary N) is 1. The molecular weight excluding hydrogens is 446 g/mol. The zero-order chi connectivity index (χ0) is 23.8. The Hall–Kier alpha value is -3.14. The third-order valence-corrected chi connectivity index (χ3v) is 6.63. The molecule has 6 nitrogen and oxygen atoms in total. The third-order valence-electron chi connectivity index (χ3n) is 6.40. The van der Waals surface area contributed by atoms with Crippen LogP contribution in [0.4, 0.5) is 0 Å². The van der Waals surface area contributed by atoms with E-state index in [1.165, 1.54) is 5.56 Å². The van der Waals surface area contributed by atoms with Crippen molar-refractivity contribution in [2.24, 2.45) is 5.92 Å². The number of piperidine rings is 1. The second-order valence-corrected chi connectivity index (χ2v) is 9.32. The van der Waals surface area contributed by atoms with Gasteiger partial charge in [0.25, 0.3) is 0 Å². The second kappa shape index (κ2) is 11.8. The standard InChI is InChI=1S/C27H30ClN5O/c28-25-5-1-3-21(15-25)11-14-32-13-2-4-24(19-32)27(34)31-12-10-26-17-30-20-33(26)18-23-8-6-22(16-29)7-9-23/h1,3,5-9,15,17,20,24H,2,4,10-14,18-19H2,(H,31,34)/t24-/m0/s1. The zero-order valence-corrected chi connectivity index (χ0v) is 20.0. The number of imidazole rings is 1. The molecule has 34 heavy (non-hydrogen) atoms. The average Bonchev–Trinajstić information content (AvgIpc) is 3.30. The molecule has 1 atom stereocenters. The molecule has 0 radical (unpaired) electrons. The normalized spacial score (nSPS) is 16.2. The number of nitrogens with zero attached hydrogens (tertiary/aromatic N) is 4. The fraction of sp³-hybridized carbons (Fsp3) is 0.370. The van der Waals surface area contributed by atoms with Crippen LogP contribution in [0.5, 0.6) is 0 Å². The SMILES string of the molecule is N#Cc1ccc(Cn2cncc2CCNC(=O)[C@H]2CCCN(CCc3cccc(Cl)c3)C2)cc1. The van der Waals surface area contributed by atoms with Crippen LogP contribution in [0.25, 0.3) is 0 Å². The number of amides is 1. The van der Waals surface area contributed by atoms with Gasteiger partial charge in [-0.05, 0) is 61.2 Å². The molecule has 1 aromatic heterocycles. The summed E-state index contributed by atoms with van der Waals surface area (Å²) in [4.78, 5) is 19.5. The number of benzene rings is 2. The van der Waals surface area contributed by atoms with Crippen molar-refractivity contribution < 1.29 is 4.79 Å². The molecule has 7 heteroatoms. The highest BCUT2D eigenvalue weighted by molar-refractivity contribution is 6.30. The summed E-state index contributed by atoms with van der Waals surface area (Å²) in [5.74, 6) is 0.183. The van der Waals surface area contributed by atoms with E-state index >= 15 is 0 Å². The van der Waals surface area contributed by atoms with E-state index in [0.717, 1.165) is 61.6 Å². The Morgan fingerprint density at radius 1 is 1.18 bits per heavy atom. The van der Waals surface area contributed by atoms with Gasteiger partial charge in [0.2, 0.25) is 5.91 Å².